The van der Waals surface area contributed by atoms with Crippen LogP contribution in [-0.4, -0.2) is 45.3 Å². The molecule has 3 aromatic rings. The quantitative estimate of drug-likeness (QED) is 0.304. The first-order valence-electron chi connectivity index (χ1n) is 11.8. The van der Waals surface area contributed by atoms with Crippen molar-refractivity contribution in [3.8, 4) is 17.2 Å². The maximum absolute atomic E-state index is 10.7. The zero-order valence-corrected chi connectivity index (χ0v) is 20.4. The SMILES string of the molecule is CCc1nc(N)nc(N)c1OC(CC)CCOc1cc(C)nc2ccc(OCCCC(=O)O)cc12. The lowest BCUT2D eigenvalue weighted by Gasteiger charge is -2.20. The topological polar surface area (TPSA) is 156 Å². The molecule has 188 valence electrons. The highest BCUT2D eigenvalue weighted by molar-refractivity contribution is 5.86. The van der Waals surface area contributed by atoms with Crippen molar-refractivity contribution in [3.05, 3.63) is 35.7 Å². The summed E-state index contributed by atoms with van der Waals surface area (Å²) in [4.78, 5) is 23.5. The minimum atomic E-state index is -0.839. The molecule has 0 saturated heterocycles. The van der Waals surface area contributed by atoms with Gasteiger partial charge in [0.15, 0.2) is 11.6 Å². The fourth-order valence-electron chi connectivity index (χ4n) is 3.64. The summed E-state index contributed by atoms with van der Waals surface area (Å²) in [5.41, 5.74) is 14.1. The summed E-state index contributed by atoms with van der Waals surface area (Å²) in [6, 6.07) is 7.45. The second-order valence-electron chi connectivity index (χ2n) is 8.17. The van der Waals surface area contributed by atoms with Crippen LogP contribution >= 0.6 is 0 Å². The molecule has 35 heavy (non-hydrogen) atoms. The van der Waals surface area contributed by atoms with Crippen molar-refractivity contribution in [2.75, 3.05) is 24.7 Å². The van der Waals surface area contributed by atoms with Crippen LogP contribution < -0.4 is 25.7 Å². The van der Waals surface area contributed by atoms with Gasteiger partial charge in [0, 0.05) is 30.0 Å². The molecule has 1 atom stereocenters. The highest BCUT2D eigenvalue weighted by atomic mass is 16.5. The van der Waals surface area contributed by atoms with Gasteiger partial charge in [-0.2, -0.15) is 4.98 Å². The van der Waals surface area contributed by atoms with Gasteiger partial charge in [0.05, 0.1) is 24.4 Å². The van der Waals surface area contributed by atoms with Gasteiger partial charge in [0.1, 0.15) is 17.6 Å². The van der Waals surface area contributed by atoms with Gasteiger partial charge in [-0.05, 0) is 44.4 Å². The lowest BCUT2D eigenvalue weighted by Crippen LogP contribution is -2.21. The monoisotopic (exact) mass is 483 g/mol. The number of benzene rings is 1. The zero-order chi connectivity index (χ0) is 25.4. The van der Waals surface area contributed by atoms with Gasteiger partial charge < -0.3 is 30.8 Å². The number of fused-ring (bicyclic) bond motifs is 1. The second kappa shape index (κ2) is 12.0. The second-order valence-corrected chi connectivity index (χ2v) is 8.17. The average Bonchev–Trinajstić information content (AvgIpc) is 2.82. The highest BCUT2D eigenvalue weighted by Gasteiger charge is 2.17. The van der Waals surface area contributed by atoms with E-state index in [-0.39, 0.29) is 24.3 Å². The summed E-state index contributed by atoms with van der Waals surface area (Å²) < 4.78 is 18.0. The number of nitrogens with zero attached hydrogens (tertiary/aromatic N) is 3. The van der Waals surface area contributed by atoms with Gasteiger partial charge in [0.25, 0.3) is 0 Å². The van der Waals surface area contributed by atoms with Gasteiger partial charge in [0.2, 0.25) is 5.95 Å². The Morgan fingerprint density at radius 2 is 1.89 bits per heavy atom. The molecule has 0 aliphatic rings. The molecule has 0 saturated carbocycles. The molecule has 1 aromatic carbocycles. The van der Waals surface area contributed by atoms with Crippen molar-refractivity contribution >= 4 is 28.6 Å². The predicted octanol–water partition coefficient (Wildman–Crippen LogP) is 3.93. The molecule has 2 heterocycles. The highest BCUT2D eigenvalue weighted by Crippen LogP contribution is 2.30. The molecule has 0 fully saturated rings. The van der Waals surface area contributed by atoms with Crippen LogP contribution in [0.3, 0.4) is 0 Å². The predicted molar refractivity (Wildman–Crippen MR) is 134 cm³/mol. The van der Waals surface area contributed by atoms with Crippen molar-refractivity contribution in [2.24, 2.45) is 0 Å². The number of aliphatic carboxylic acids is 1. The molecule has 3 rings (SSSR count). The first-order valence-corrected chi connectivity index (χ1v) is 11.8. The molecule has 0 spiro atoms. The van der Waals surface area contributed by atoms with E-state index in [4.69, 9.17) is 30.8 Å². The molecule has 1 unspecified atom stereocenters. The molecular weight excluding hydrogens is 450 g/mol. The Morgan fingerprint density at radius 1 is 1.09 bits per heavy atom. The summed E-state index contributed by atoms with van der Waals surface area (Å²) in [5, 5.41) is 9.60. The number of anilines is 2. The van der Waals surface area contributed by atoms with Crippen molar-refractivity contribution in [2.45, 2.75) is 59.0 Å². The van der Waals surface area contributed by atoms with E-state index in [0.717, 1.165) is 23.0 Å². The maximum Gasteiger partial charge on any atom is 0.303 e. The lowest BCUT2D eigenvalue weighted by atomic mass is 10.1. The van der Waals surface area contributed by atoms with Gasteiger partial charge in [-0.25, -0.2) is 4.98 Å². The number of nitrogens with two attached hydrogens (primary N) is 2. The number of aromatic nitrogens is 3. The van der Waals surface area contributed by atoms with Crippen LogP contribution in [0.2, 0.25) is 0 Å². The Kier molecular flexibility index (Phi) is 8.88. The van der Waals surface area contributed by atoms with Gasteiger partial charge in [-0.3, -0.25) is 9.78 Å². The van der Waals surface area contributed by atoms with Gasteiger partial charge in [-0.15, -0.1) is 0 Å². The van der Waals surface area contributed by atoms with E-state index in [9.17, 15) is 4.79 Å². The molecule has 0 bridgehead atoms. The number of rotatable bonds is 13. The smallest absolute Gasteiger partial charge is 0.303 e. The number of hydrogen-bond donors (Lipinski definition) is 3. The molecule has 2 aromatic heterocycles. The Hall–Kier alpha value is -3.82. The van der Waals surface area contributed by atoms with E-state index >= 15 is 0 Å². The summed E-state index contributed by atoms with van der Waals surface area (Å²) in [6.07, 6.45) is 2.36. The normalized spacial score (nSPS) is 11.9. The molecule has 10 nitrogen and oxygen atoms in total. The Labute approximate surface area is 204 Å². The minimum absolute atomic E-state index is 0.0667. The number of carboxylic acids is 1. The summed E-state index contributed by atoms with van der Waals surface area (Å²) in [5.74, 6) is 1.34. The molecule has 0 aliphatic carbocycles. The number of ether oxygens (including phenoxy) is 3. The Bertz CT molecular complexity index is 1170. The summed E-state index contributed by atoms with van der Waals surface area (Å²) >= 11 is 0. The van der Waals surface area contributed by atoms with Gasteiger partial charge in [-0.1, -0.05) is 13.8 Å². The van der Waals surface area contributed by atoms with E-state index in [0.29, 0.717) is 55.4 Å². The number of carboxylic acid groups (broad SMARTS) is 1. The summed E-state index contributed by atoms with van der Waals surface area (Å²) in [7, 11) is 0. The average molecular weight is 484 g/mol. The van der Waals surface area contributed by atoms with E-state index in [1.165, 1.54) is 0 Å². The minimum Gasteiger partial charge on any atom is -0.494 e. The van der Waals surface area contributed by atoms with E-state index in [2.05, 4.69) is 15.0 Å². The fraction of sp³-hybridized carbons (Fsp3) is 0.440. The first kappa shape index (κ1) is 25.8. The van der Waals surface area contributed by atoms with Crippen molar-refractivity contribution in [3.63, 3.8) is 0 Å². The largest absolute Gasteiger partial charge is 0.494 e. The number of carbonyl (C=O) groups is 1. The Balaban J connectivity index is 1.68. The van der Waals surface area contributed by atoms with Crippen LogP contribution in [-0.2, 0) is 11.2 Å². The van der Waals surface area contributed by atoms with Crippen LogP contribution in [0.5, 0.6) is 17.2 Å². The Morgan fingerprint density at radius 3 is 2.60 bits per heavy atom. The summed E-state index contributed by atoms with van der Waals surface area (Å²) in [6.45, 7) is 6.64. The van der Waals surface area contributed by atoms with E-state index < -0.39 is 5.97 Å². The van der Waals surface area contributed by atoms with Crippen LogP contribution in [0.4, 0.5) is 11.8 Å². The van der Waals surface area contributed by atoms with E-state index in [1.54, 1.807) is 0 Å². The lowest BCUT2D eigenvalue weighted by molar-refractivity contribution is -0.137. The maximum atomic E-state index is 10.7. The third-order valence-electron chi connectivity index (χ3n) is 5.43. The number of pyridine rings is 1. The van der Waals surface area contributed by atoms with Crippen molar-refractivity contribution < 1.29 is 24.1 Å². The standard InChI is InChI=1S/C25H33N5O5/c1-4-16(35-23-19(5-2)29-25(27)30-24(23)26)10-12-34-21-13-15(3)28-20-9-8-17(14-18(20)21)33-11-6-7-22(31)32/h8-9,13-14,16H,4-7,10-12H2,1-3H3,(H,31,32)(H4,26,27,29,30). The third-order valence-corrected chi connectivity index (χ3v) is 5.43. The molecule has 0 radical (unpaired) electrons. The number of hydrogen-bond acceptors (Lipinski definition) is 9. The molecule has 10 heteroatoms. The van der Waals surface area contributed by atoms with Crippen molar-refractivity contribution in [1.29, 1.82) is 0 Å². The molecule has 0 amide bonds. The third kappa shape index (κ3) is 7.08. The van der Waals surface area contributed by atoms with Crippen LogP contribution in [0.25, 0.3) is 10.9 Å². The van der Waals surface area contributed by atoms with Crippen LogP contribution in [0.15, 0.2) is 24.3 Å². The molecular formula is C25H33N5O5. The van der Waals surface area contributed by atoms with E-state index in [1.807, 2.05) is 45.0 Å². The van der Waals surface area contributed by atoms with Crippen molar-refractivity contribution in [1.82, 2.24) is 15.0 Å². The van der Waals surface area contributed by atoms with Crippen LogP contribution in [0, 0.1) is 6.92 Å². The number of nitrogen functional groups attached to an aromatic ring is 2. The fourth-order valence-corrected chi connectivity index (χ4v) is 3.64. The van der Waals surface area contributed by atoms with Crippen LogP contribution in [0.1, 0.15) is 50.9 Å². The number of aryl methyl sites for hydroxylation is 2. The molecule has 0 aliphatic heterocycles. The first-order chi connectivity index (χ1) is 16.8. The van der Waals surface area contributed by atoms with Gasteiger partial charge >= 0.3 is 5.97 Å². The zero-order valence-electron chi connectivity index (χ0n) is 20.4. The molecule has 5 N–H and O–H groups in total.